The van der Waals surface area contributed by atoms with E-state index in [0.29, 0.717) is 5.69 Å². The molecule has 0 aliphatic carbocycles. The monoisotopic (exact) mass is 356 g/mol. The van der Waals surface area contributed by atoms with Crippen LogP contribution in [-0.2, 0) is 9.47 Å². The molecule has 26 heavy (non-hydrogen) atoms. The van der Waals surface area contributed by atoms with Crippen molar-refractivity contribution in [1.29, 1.82) is 0 Å². The number of anilines is 2. The lowest BCUT2D eigenvalue weighted by molar-refractivity contribution is 0.0587. The van der Waals surface area contributed by atoms with Crippen LogP contribution in [0.1, 0.15) is 31.8 Å². The number of hydrogen-bond donors (Lipinski definition) is 2. The molecule has 136 valence electrons. The number of carbonyl (C=O) groups is 3. The van der Waals surface area contributed by atoms with Crippen molar-refractivity contribution in [3.05, 3.63) is 58.7 Å². The predicted octanol–water partition coefficient (Wildman–Crippen LogP) is 3.52. The van der Waals surface area contributed by atoms with E-state index in [2.05, 4.69) is 15.4 Å². The fourth-order valence-electron chi connectivity index (χ4n) is 2.41. The highest BCUT2D eigenvalue weighted by Gasteiger charge is 2.17. The Kier molecular flexibility index (Phi) is 5.95. The standard InChI is InChI=1S/C19H20N2O5/c1-11-5-8-15(12(2)9-11)20-19(24)21-16-10-13(17(22)25-3)6-7-14(16)18(23)26-4/h5-10H,1-4H3,(H2,20,21,24). The Balaban J connectivity index is 2.28. The summed E-state index contributed by atoms with van der Waals surface area (Å²) >= 11 is 0. The lowest BCUT2D eigenvalue weighted by Crippen LogP contribution is -2.22. The molecule has 0 atom stereocenters. The largest absolute Gasteiger partial charge is 0.465 e. The number of carbonyl (C=O) groups excluding carboxylic acids is 3. The molecule has 0 aliphatic heterocycles. The number of rotatable bonds is 4. The number of nitrogens with one attached hydrogen (secondary N) is 2. The van der Waals surface area contributed by atoms with Crippen molar-refractivity contribution in [2.45, 2.75) is 13.8 Å². The molecule has 2 aromatic carbocycles. The maximum Gasteiger partial charge on any atom is 0.339 e. The Hall–Kier alpha value is -3.35. The number of urea groups is 1. The number of amides is 2. The van der Waals surface area contributed by atoms with Crippen molar-refractivity contribution in [3.63, 3.8) is 0 Å². The molecule has 0 heterocycles. The molecule has 2 N–H and O–H groups in total. The first kappa shape index (κ1) is 19.0. The molecule has 0 fully saturated rings. The van der Waals surface area contributed by atoms with Crippen molar-refractivity contribution in [3.8, 4) is 0 Å². The molecule has 0 radical (unpaired) electrons. The topological polar surface area (TPSA) is 93.7 Å². The summed E-state index contributed by atoms with van der Waals surface area (Å²) in [5, 5.41) is 5.29. The Morgan fingerprint density at radius 1 is 0.808 bits per heavy atom. The van der Waals surface area contributed by atoms with Gasteiger partial charge in [0.05, 0.1) is 31.0 Å². The molecule has 0 saturated heterocycles. The van der Waals surface area contributed by atoms with Crippen molar-refractivity contribution < 1.29 is 23.9 Å². The van der Waals surface area contributed by atoms with E-state index in [0.717, 1.165) is 11.1 Å². The average Bonchev–Trinajstić information content (AvgIpc) is 2.62. The van der Waals surface area contributed by atoms with Gasteiger partial charge in [-0.1, -0.05) is 17.7 Å². The number of benzene rings is 2. The molecule has 2 amide bonds. The maximum absolute atomic E-state index is 12.3. The highest BCUT2D eigenvalue weighted by Crippen LogP contribution is 2.21. The lowest BCUT2D eigenvalue weighted by atomic mass is 10.1. The van der Waals surface area contributed by atoms with Gasteiger partial charge in [-0.05, 0) is 43.7 Å². The Morgan fingerprint density at radius 3 is 2.08 bits per heavy atom. The second-order valence-corrected chi connectivity index (χ2v) is 5.64. The summed E-state index contributed by atoms with van der Waals surface area (Å²) < 4.78 is 9.37. The van der Waals surface area contributed by atoms with Crippen LogP contribution in [0.4, 0.5) is 16.2 Å². The summed E-state index contributed by atoms with van der Waals surface area (Å²) in [7, 11) is 2.48. The van der Waals surface area contributed by atoms with Crippen LogP contribution in [0.3, 0.4) is 0 Å². The van der Waals surface area contributed by atoms with Crippen molar-refractivity contribution in [1.82, 2.24) is 0 Å². The summed E-state index contributed by atoms with van der Waals surface area (Å²) in [5.41, 5.74) is 3.07. The van der Waals surface area contributed by atoms with Crippen LogP contribution < -0.4 is 10.6 Å². The molecule has 0 saturated carbocycles. The van der Waals surface area contributed by atoms with Crippen LogP contribution in [0.2, 0.25) is 0 Å². The summed E-state index contributed by atoms with van der Waals surface area (Å²) in [6.07, 6.45) is 0. The van der Waals surface area contributed by atoms with E-state index in [1.165, 1.54) is 32.4 Å². The van der Waals surface area contributed by atoms with E-state index in [-0.39, 0.29) is 16.8 Å². The number of esters is 2. The normalized spacial score (nSPS) is 10.0. The first-order chi connectivity index (χ1) is 12.3. The minimum absolute atomic E-state index is 0.121. The zero-order valence-electron chi connectivity index (χ0n) is 15.0. The molecule has 0 bridgehead atoms. The highest BCUT2D eigenvalue weighted by molar-refractivity contribution is 6.06. The second-order valence-electron chi connectivity index (χ2n) is 5.64. The van der Waals surface area contributed by atoms with Gasteiger partial charge in [0.2, 0.25) is 0 Å². The molecular formula is C19H20N2O5. The third-order valence-corrected chi connectivity index (χ3v) is 3.72. The Bertz CT molecular complexity index is 861. The van der Waals surface area contributed by atoms with Gasteiger partial charge >= 0.3 is 18.0 Å². The molecule has 0 aliphatic rings. The summed E-state index contributed by atoms with van der Waals surface area (Å²) in [4.78, 5) is 36.0. The molecule has 0 spiro atoms. The second kappa shape index (κ2) is 8.15. The summed E-state index contributed by atoms with van der Waals surface area (Å²) in [6.45, 7) is 3.83. The van der Waals surface area contributed by atoms with Gasteiger partial charge in [0, 0.05) is 5.69 Å². The molecule has 0 unspecified atom stereocenters. The molecule has 0 aromatic heterocycles. The van der Waals surface area contributed by atoms with Gasteiger partial charge in [-0.2, -0.15) is 0 Å². The van der Waals surface area contributed by atoms with E-state index in [1.807, 2.05) is 26.0 Å². The van der Waals surface area contributed by atoms with Crippen LogP contribution in [0.15, 0.2) is 36.4 Å². The van der Waals surface area contributed by atoms with E-state index >= 15 is 0 Å². The fraction of sp³-hybridized carbons (Fsp3) is 0.211. The highest BCUT2D eigenvalue weighted by atomic mass is 16.5. The fourth-order valence-corrected chi connectivity index (χ4v) is 2.41. The molecule has 7 heteroatoms. The van der Waals surface area contributed by atoms with Crippen molar-refractivity contribution >= 4 is 29.3 Å². The van der Waals surface area contributed by atoms with Gasteiger partial charge in [0.1, 0.15) is 0 Å². The zero-order chi connectivity index (χ0) is 19.3. The van der Waals surface area contributed by atoms with Crippen LogP contribution >= 0.6 is 0 Å². The van der Waals surface area contributed by atoms with Crippen molar-refractivity contribution in [2.75, 3.05) is 24.9 Å². The van der Waals surface area contributed by atoms with E-state index < -0.39 is 18.0 Å². The Labute approximate surface area is 151 Å². The maximum atomic E-state index is 12.3. The molecule has 2 rings (SSSR count). The van der Waals surface area contributed by atoms with Gasteiger partial charge in [-0.25, -0.2) is 14.4 Å². The van der Waals surface area contributed by atoms with Crippen LogP contribution in [0.5, 0.6) is 0 Å². The minimum Gasteiger partial charge on any atom is -0.465 e. The first-order valence-corrected chi connectivity index (χ1v) is 7.81. The number of methoxy groups -OCH3 is 2. The minimum atomic E-state index is -0.636. The Morgan fingerprint density at radius 2 is 1.46 bits per heavy atom. The van der Waals surface area contributed by atoms with E-state index in [9.17, 15) is 14.4 Å². The quantitative estimate of drug-likeness (QED) is 0.818. The molecule has 2 aromatic rings. The van der Waals surface area contributed by atoms with Gasteiger partial charge < -0.3 is 20.1 Å². The number of hydrogen-bond acceptors (Lipinski definition) is 5. The smallest absolute Gasteiger partial charge is 0.339 e. The summed E-state index contributed by atoms with van der Waals surface area (Å²) in [5.74, 6) is -1.22. The predicted molar refractivity (Wildman–Crippen MR) is 97.7 cm³/mol. The number of ether oxygens (including phenoxy) is 2. The first-order valence-electron chi connectivity index (χ1n) is 7.81. The van der Waals surface area contributed by atoms with Crippen molar-refractivity contribution in [2.24, 2.45) is 0 Å². The van der Waals surface area contributed by atoms with E-state index in [1.54, 1.807) is 6.07 Å². The van der Waals surface area contributed by atoms with Gasteiger partial charge in [-0.15, -0.1) is 0 Å². The lowest BCUT2D eigenvalue weighted by Gasteiger charge is -2.13. The van der Waals surface area contributed by atoms with Gasteiger partial charge in [0.15, 0.2) is 0 Å². The van der Waals surface area contributed by atoms with Crippen LogP contribution in [0, 0.1) is 13.8 Å². The van der Waals surface area contributed by atoms with Crippen LogP contribution in [-0.4, -0.2) is 32.2 Å². The molecular weight excluding hydrogens is 336 g/mol. The number of aryl methyl sites for hydroxylation is 2. The SMILES string of the molecule is COC(=O)c1ccc(C(=O)OC)c(NC(=O)Nc2ccc(C)cc2C)c1. The molecule has 7 nitrogen and oxygen atoms in total. The third kappa shape index (κ3) is 4.38. The van der Waals surface area contributed by atoms with E-state index in [4.69, 9.17) is 4.74 Å². The van der Waals surface area contributed by atoms with Crippen LogP contribution in [0.25, 0.3) is 0 Å². The van der Waals surface area contributed by atoms with Gasteiger partial charge in [-0.3, -0.25) is 0 Å². The zero-order valence-corrected chi connectivity index (χ0v) is 15.0. The summed E-state index contributed by atoms with van der Waals surface area (Å²) in [6, 6.07) is 9.23. The average molecular weight is 356 g/mol. The van der Waals surface area contributed by atoms with Gasteiger partial charge in [0.25, 0.3) is 0 Å². The third-order valence-electron chi connectivity index (χ3n) is 3.72.